The lowest BCUT2D eigenvalue weighted by atomic mass is 10.1. The topological polar surface area (TPSA) is 68.7 Å². The number of benzene rings is 1. The lowest BCUT2D eigenvalue weighted by Gasteiger charge is -2.14. The number of nitrogen functional groups attached to an aromatic ring is 1. The van der Waals surface area contributed by atoms with E-state index in [0.29, 0.717) is 23.8 Å². The lowest BCUT2D eigenvalue weighted by Crippen LogP contribution is -2.18. The summed E-state index contributed by atoms with van der Waals surface area (Å²) in [6.45, 7) is 6.28. The van der Waals surface area contributed by atoms with E-state index in [4.69, 9.17) is 10.5 Å². The van der Waals surface area contributed by atoms with Crippen LogP contribution in [0.4, 0.5) is 5.69 Å². The molecule has 2 aromatic heterocycles. The van der Waals surface area contributed by atoms with E-state index in [0.717, 1.165) is 31.5 Å². The van der Waals surface area contributed by atoms with Gasteiger partial charge in [0.1, 0.15) is 0 Å². The van der Waals surface area contributed by atoms with Gasteiger partial charge in [-0.05, 0) is 43.5 Å². The molecule has 6 nitrogen and oxygen atoms in total. The van der Waals surface area contributed by atoms with Gasteiger partial charge in [-0.2, -0.15) is 0 Å². The van der Waals surface area contributed by atoms with Gasteiger partial charge in [-0.3, -0.25) is 4.90 Å². The van der Waals surface area contributed by atoms with E-state index < -0.39 is 0 Å². The van der Waals surface area contributed by atoms with Crippen LogP contribution in [-0.4, -0.2) is 39.2 Å². The minimum Gasteiger partial charge on any atom is -0.477 e. The van der Waals surface area contributed by atoms with Crippen LogP contribution in [0.25, 0.3) is 5.65 Å². The van der Waals surface area contributed by atoms with Crippen LogP contribution in [0.2, 0.25) is 0 Å². The molecule has 3 aromatic rings. The summed E-state index contributed by atoms with van der Waals surface area (Å²) < 4.78 is 7.56. The van der Waals surface area contributed by atoms with Crippen molar-refractivity contribution in [2.75, 3.05) is 25.4 Å². The molecule has 0 spiro atoms. The van der Waals surface area contributed by atoms with Gasteiger partial charge in [-0.1, -0.05) is 37.6 Å². The van der Waals surface area contributed by atoms with Crippen LogP contribution >= 0.6 is 0 Å². The SMILES string of the molecule is CCCCOc1cc(N)c2ncc(Cc3ccc(CN4CCCC4)cc3)n2n1. The highest BCUT2D eigenvalue weighted by atomic mass is 16.5. The number of anilines is 1. The third-order valence-corrected chi connectivity index (χ3v) is 5.31. The molecule has 3 heterocycles. The average molecular weight is 380 g/mol. The lowest BCUT2D eigenvalue weighted by molar-refractivity contribution is 0.293. The summed E-state index contributed by atoms with van der Waals surface area (Å²) in [7, 11) is 0. The molecule has 0 amide bonds. The summed E-state index contributed by atoms with van der Waals surface area (Å²) in [4.78, 5) is 6.97. The number of nitrogens with two attached hydrogens (primary N) is 1. The summed E-state index contributed by atoms with van der Waals surface area (Å²) in [6.07, 6.45) is 7.35. The van der Waals surface area contributed by atoms with Gasteiger partial charge in [0, 0.05) is 19.0 Å². The molecule has 0 unspecified atom stereocenters. The van der Waals surface area contributed by atoms with E-state index in [1.54, 1.807) is 6.07 Å². The standard InChI is InChI=1S/C22H29N5O/c1-2-3-12-28-21-14-20(23)22-24-15-19(27(22)25-21)13-17-6-8-18(9-7-17)16-26-10-4-5-11-26/h6-9,14-15H,2-5,10-13,16,23H2,1H3. The summed E-state index contributed by atoms with van der Waals surface area (Å²) in [5, 5.41) is 4.60. The van der Waals surface area contributed by atoms with Crippen LogP contribution in [0.15, 0.2) is 36.5 Å². The first-order valence-corrected chi connectivity index (χ1v) is 10.3. The Morgan fingerprint density at radius 1 is 1.11 bits per heavy atom. The maximum atomic E-state index is 6.16. The monoisotopic (exact) mass is 379 g/mol. The van der Waals surface area contributed by atoms with Crippen LogP contribution < -0.4 is 10.5 Å². The molecule has 1 aliphatic heterocycles. The fourth-order valence-corrected chi connectivity index (χ4v) is 3.70. The zero-order valence-electron chi connectivity index (χ0n) is 16.6. The highest BCUT2D eigenvalue weighted by molar-refractivity contribution is 5.65. The summed E-state index contributed by atoms with van der Waals surface area (Å²) in [5.41, 5.74) is 11.1. The minimum atomic E-state index is 0.554. The van der Waals surface area contributed by atoms with E-state index in [1.165, 1.54) is 37.1 Å². The van der Waals surface area contributed by atoms with Gasteiger partial charge in [-0.25, -0.2) is 9.50 Å². The Morgan fingerprint density at radius 3 is 2.61 bits per heavy atom. The first kappa shape index (κ1) is 18.7. The number of fused-ring (bicyclic) bond motifs is 1. The van der Waals surface area contributed by atoms with Gasteiger partial charge in [0.15, 0.2) is 5.65 Å². The van der Waals surface area contributed by atoms with Crippen LogP contribution in [0.1, 0.15) is 49.4 Å². The number of imidazole rings is 1. The third kappa shape index (κ3) is 4.28. The largest absolute Gasteiger partial charge is 0.477 e. The molecule has 6 heteroatoms. The highest BCUT2D eigenvalue weighted by Gasteiger charge is 2.13. The second kappa shape index (κ2) is 8.61. The van der Waals surface area contributed by atoms with Crippen molar-refractivity contribution in [2.24, 2.45) is 0 Å². The zero-order valence-corrected chi connectivity index (χ0v) is 16.6. The van der Waals surface area contributed by atoms with Gasteiger partial charge in [0.25, 0.3) is 0 Å². The molecule has 2 N–H and O–H groups in total. The number of hydrogen-bond donors (Lipinski definition) is 1. The van der Waals surface area contributed by atoms with Gasteiger partial charge in [0.05, 0.1) is 24.2 Å². The normalized spacial score (nSPS) is 14.8. The molecule has 28 heavy (non-hydrogen) atoms. The molecule has 4 rings (SSSR count). The highest BCUT2D eigenvalue weighted by Crippen LogP contribution is 2.21. The van der Waals surface area contributed by atoms with Crippen molar-refractivity contribution in [3.63, 3.8) is 0 Å². The van der Waals surface area contributed by atoms with Gasteiger partial charge in [-0.15, -0.1) is 5.10 Å². The van der Waals surface area contributed by atoms with Crippen molar-refractivity contribution >= 4 is 11.3 Å². The van der Waals surface area contributed by atoms with Gasteiger partial charge in [0.2, 0.25) is 5.88 Å². The Morgan fingerprint density at radius 2 is 1.86 bits per heavy atom. The Labute approximate surface area is 166 Å². The Kier molecular flexibility index (Phi) is 5.76. The molecule has 0 atom stereocenters. The second-order valence-electron chi connectivity index (χ2n) is 7.60. The molecule has 1 aliphatic rings. The van der Waals surface area contributed by atoms with Crippen LogP contribution in [0.5, 0.6) is 5.88 Å². The number of rotatable bonds is 8. The van der Waals surface area contributed by atoms with Crippen molar-refractivity contribution in [2.45, 2.75) is 45.6 Å². The van der Waals surface area contributed by atoms with Gasteiger partial charge < -0.3 is 10.5 Å². The molecule has 0 aliphatic carbocycles. The van der Waals surface area contributed by atoms with Gasteiger partial charge >= 0.3 is 0 Å². The van der Waals surface area contributed by atoms with Crippen molar-refractivity contribution in [1.29, 1.82) is 0 Å². The van der Waals surface area contributed by atoms with Crippen molar-refractivity contribution in [3.8, 4) is 5.88 Å². The summed E-state index contributed by atoms with van der Waals surface area (Å²) in [5.74, 6) is 0.554. The molecule has 1 saturated heterocycles. The third-order valence-electron chi connectivity index (χ3n) is 5.31. The van der Waals surface area contributed by atoms with E-state index in [-0.39, 0.29) is 0 Å². The number of nitrogens with zero attached hydrogens (tertiary/aromatic N) is 4. The van der Waals surface area contributed by atoms with E-state index >= 15 is 0 Å². The first-order chi connectivity index (χ1) is 13.7. The molecule has 0 radical (unpaired) electrons. The molecule has 1 aromatic carbocycles. The Hall–Kier alpha value is -2.60. The fraction of sp³-hybridized carbons (Fsp3) is 0.455. The maximum Gasteiger partial charge on any atom is 0.233 e. The summed E-state index contributed by atoms with van der Waals surface area (Å²) in [6, 6.07) is 10.6. The first-order valence-electron chi connectivity index (χ1n) is 10.3. The Bertz CT molecular complexity index is 913. The van der Waals surface area contributed by atoms with Crippen molar-refractivity contribution in [1.82, 2.24) is 19.5 Å². The van der Waals surface area contributed by atoms with E-state index in [2.05, 4.69) is 46.2 Å². The zero-order chi connectivity index (χ0) is 19.3. The molecule has 0 bridgehead atoms. The number of hydrogen-bond acceptors (Lipinski definition) is 5. The predicted octanol–water partition coefficient (Wildman–Crippen LogP) is 3.68. The number of unbranched alkanes of at least 4 members (excludes halogenated alkanes) is 1. The number of ether oxygens (including phenoxy) is 1. The maximum absolute atomic E-state index is 6.16. The predicted molar refractivity (Wildman–Crippen MR) is 112 cm³/mol. The second-order valence-corrected chi connectivity index (χ2v) is 7.60. The Balaban J connectivity index is 1.49. The molecule has 0 saturated carbocycles. The molecular formula is C22H29N5O. The number of aromatic nitrogens is 3. The average Bonchev–Trinajstić information content (AvgIpc) is 3.34. The minimum absolute atomic E-state index is 0.554. The van der Waals surface area contributed by atoms with E-state index in [1.807, 2.05) is 10.7 Å². The fourth-order valence-electron chi connectivity index (χ4n) is 3.70. The molecule has 1 fully saturated rings. The van der Waals surface area contributed by atoms with Crippen LogP contribution in [0, 0.1) is 0 Å². The molecule has 148 valence electrons. The van der Waals surface area contributed by atoms with Crippen molar-refractivity contribution < 1.29 is 4.74 Å². The quantitative estimate of drug-likeness (QED) is 0.605. The van der Waals surface area contributed by atoms with E-state index in [9.17, 15) is 0 Å². The smallest absolute Gasteiger partial charge is 0.233 e. The molecular weight excluding hydrogens is 350 g/mol. The van der Waals surface area contributed by atoms with Crippen LogP contribution in [0.3, 0.4) is 0 Å². The number of likely N-dealkylation sites (tertiary alicyclic amines) is 1. The summed E-state index contributed by atoms with van der Waals surface area (Å²) >= 11 is 0. The van der Waals surface area contributed by atoms with Crippen LogP contribution in [-0.2, 0) is 13.0 Å². The van der Waals surface area contributed by atoms with Crippen molar-refractivity contribution in [3.05, 3.63) is 53.3 Å².